The van der Waals surface area contributed by atoms with Crippen molar-refractivity contribution in [1.29, 1.82) is 0 Å². The molecule has 229 valence electrons. The van der Waals surface area contributed by atoms with Crippen LogP contribution in [-0.4, -0.2) is 16.4 Å². The van der Waals surface area contributed by atoms with E-state index in [1.165, 1.54) is 27.8 Å². The third-order valence-electron chi connectivity index (χ3n) is 7.29. The Hall–Kier alpha value is -1.86. The van der Waals surface area contributed by atoms with Crippen molar-refractivity contribution in [3.8, 4) is 0 Å². The molecule has 1 radical (unpaired) electrons. The Labute approximate surface area is 286 Å². The normalized spacial score (nSPS) is 11.9. The quantitative estimate of drug-likeness (QED) is 0.222. The number of benzene rings is 2. The average molecular weight is 741 g/mol. The number of para-hydroxylation sites is 1. The predicted octanol–water partition coefficient (Wildman–Crippen LogP) is 4.59. The van der Waals surface area contributed by atoms with E-state index in [0.717, 1.165) is 40.6 Å². The Balaban J connectivity index is 0.00000560. The number of pyridine rings is 1. The molecule has 0 aliphatic rings. The van der Waals surface area contributed by atoms with Crippen LogP contribution in [0.5, 0.6) is 0 Å². The minimum absolute atomic E-state index is 0. The topological polar surface area (TPSA) is 37.6 Å². The van der Waals surface area contributed by atoms with Crippen LogP contribution in [-0.2, 0) is 23.2 Å². The van der Waals surface area contributed by atoms with Crippen LogP contribution >= 0.6 is 0 Å². The molecule has 0 aliphatic carbocycles. The summed E-state index contributed by atoms with van der Waals surface area (Å²) in [6.45, 7) is 26.0. The van der Waals surface area contributed by atoms with Crippen LogP contribution in [0, 0.1) is 0 Å². The first-order valence-corrected chi connectivity index (χ1v) is 14.4. The monoisotopic (exact) mass is 738 g/mol. The fourth-order valence-electron chi connectivity index (χ4n) is 5.16. The predicted molar refractivity (Wildman–Crippen MR) is 171 cm³/mol. The SMILES string of the molecule is C=CCc1ccc(C(C)C)c(/N=C(\C)c2cccc(/C(C)=N/c3c(C(C)C)cccc3C(C)C)n2)c1C(C)C.[Br-].[Br-].[Co+2]. The van der Waals surface area contributed by atoms with Gasteiger partial charge in [0, 0.05) is 0 Å². The molecule has 0 bridgehead atoms. The van der Waals surface area contributed by atoms with Crippen molar-refractivity contribution in [1.82, 2.24) is 4.98 Å². The molecule has 0 amide bonds. The Morgan fingerprint density at radius 3 is 1.52 bits per heavy atom. The van der Waals surface area contributed by atoms with Crippen molar-refractivity contribution in [2.45, 2.75) is 99.3 Å². The number of hydrogen-bond donors (Lipinski definition) is 0. The summed E-state index contributed by atoms with van der Waals surface area (Å²) in [5.41, 5.74) is 12.2. The number of nitrogens with zero attached hydrogens (tertiary/aromatic N) is 3. The maximum Gasteiger partial charge on any atom is 2.00 e. The van der Waals surface area contributed by atoms with Crippen molar-refractivity contribution in [3.05, 3.63) is 100 Å². The van der Waals surface area contributed by atoms with Crippen LogP contribution in [0.2, 0.25) is 0 Å². The van der Waals surface area contributed by atoms with Crippen molar-refractivity contribution in [3.63, 3.8) is 0 Å². The summed E-state index contributed by atoms with van der Waals surface area (Å²) in [4.78, 5) is 15.5. The van der Waals surface area contributed by atoms with Gasteiger partial charge < -0.3 is 34.0 Å². The van der Waals surface area contributed by atoms with E-state index in [-0.39, 0.29) is 50.7 Å². The molecular weight excluding hydrogens is 693 g/mol. The van der Waals surface area contributed by atoms with Gasteiger partial charge in [-0.2, -0.15) is 0 Å². The summed E-state index contributed by atoms with van der Waals surface area (Å²) in [5, 5.41) is 0. The Morgan fingerprint density at radius 2 is 1.10 bits per heavy atom. The second-order valence-electron chi connectivity index (χ2n) is 11.8. The third kappa shape index (κ3) is 9.57. The summed E-state index contributed by atoms with van der Waals surface area (Å²) in [7, 11) is 0. The molecule has 0 saturated carbocycles. The molecule has 0 saturated heterocycles. The fourth-order valence-corrected chi connectivity index (χ4v) is 5.16. The molecule has 0 spiro atoms. The smallest absolute Gasteiger partial charge is 1.00 e. The number of halogens is 2. The van der Waals surface area contributed by atoms with Gasteiger partial charge >= 0.3 is 16.8 Å². The van der Waals surface area contributed by atoms with E-state index < -0.39 is 0 Å². The maximum atomic E-state index is 5.25. The minimum Gasteiger partial charge on any atom is -1.00 e. The van der Waals surface area contributed by atoms with Crippen molar-refractivity contribution >= 4 is 22.8 Å². The third-order valence-corrected chi connectivity index (χ3v) is 7.29. The van der Waals surface area contributed by atoms with Crippen LogP contribution in [0.4, 0.5) is 11.4 Å². The number of aliphatic imine (C=N–C) groups is 2. The Bertz CT molecular complexity index is 1360. The van der Waals surface area contributed by atoms with Crippen molar-refractivity contribution in [2.75, 3.05) is 0 Å². The molecule has 0 fully saturated rings. The number of rotatable bonds is 10. The molecule has 0 atom stereocenters. The van der Waals surface area contributed by atoms with E-state index in [9.17, 15) is 0 Å². The number of allylic oxidation sites excluding steroid dienone is 1. The summed E-state index contributed by atoms with van der Waals surface area (Å²) in [5.74, 6) is 1.52. The number of hydrogen-bond acceptors (Lipinski definition) is 3. The van der Waals surface area contributed by atoms with Gasteiger partial charge in [-0.3, -0.25) is 9.98 Å². The van der Waals surface area contributed by atoms with Crippen LogP contribution in [0.1, 0.15) is 132 Å². The standard InChI is InChI=1S/C36H47N3.2BrH.Co/c1-12-15-28-20-21-31(24(6)7)36(34(28)25(8)9)38-27(11)33-19-14-18-32(39-33)26(10)37-35-29(22(2)3)16-13-17-30(35)23(4)5;;;/h12-14,16-25H,1,15H2,2-11H3;2*1H;/q;;;+2/p-2/b37-26+,38-27+;;;. The van der Waals surface area contributed by atoms with E-state index >= 15 is 0 Å². The fraction of sp³-hybridized carbons (Fsp3) is 0.417. The molecular formula is C36H47Br2CoN3. The molecule has 0 aliphatic heterocycles. The second kappa shape index (κ2) is 18.1. The zero-order valence-corrected chi connectivity index (χ0v) is 31.1. The zero-order valence-electron chi connectivity index (χ0n) is 26.9. The summed E-state index contributed by atoms with van der Waals surface area (Å²) in [6.07, 6.45) is 2.82. The number of aromatic nitrogens is 1. The van der Waals surface area contributed by atoms with E-state index in [0.29, 0.717) is 23.7 Å². The molecule has 2 aromatic carbocycles. The van der Waals surface area contributed by atoms with Crippen LogP contribution < -0.4 is 34.0 Å². The van der Waals surface area contributed by atoms with E-state index in [4.69, 9.17) is 15.0 Å². The molecule has 0 N–H and O–H groups in total. The van der Waals surface area contributed by atoms with Crippen LogP contribution in [0.15, 0.2) is 71.2 Å². The van der Waals surface area contributed by atoms with Gasteiger partial charge in [-0.25, -0.2) is 4.98 Å². The summed E-state index contributed by atoms with van der Waals surface area (Å²) >= 11 is 0. The first-order valence-electron chi connectivity index (χ1n) is 14.4. The second-order valence-corrected chi connectivity index (χ2v) is 11.8. The summed E-state index contributed by atoms with van der Waals surface area (Å²) < 4.78 is 0. The first-order chi connectivity index (χ1) is 18.5. The zero-order chi connectivity index (χ0) is 28.9. The van der Waals surface area contributed by atoms with Crippen LogP contribution in [0.25, 0.3) is 0 Å². The average Bonchev–Trinajstić information content (AvgIpc) is 2.88. The van der Waals surface area contributed by atoms with Gasteiger partial charge in [0.1, 0.15) is 0 Å². The van der Waals surface area contributed by atoms with E-state index in [1.807, 2.05) is 12.1 Å². The largest absolute Gasteiger partial charge is 2.00 e. The summed E-state index contributed by atoms with van der Waals surface area (Å²) in [6, 6.07) is 17.2. The van der Waals surface area contributed by atoms with E-state index in [2.05, 4.69) is 118 Å². The molecule has 1 aromatic heterocycles. The molecule has 42 heavy (non-hydrogen) atoms. The molecule has 3 nitrogen and oxygen atoms in total. The van der Waals surface area contributed by atoms with Crippen molar-refractivity contribution < 1.29 is 50.7 Å². The first kappa shape index (κ1) is 40.1. The molecule has 0 unspecified atom stereocenters. The van der Waals surface area contributed by atoms with Crippen molar-refractivity contribution in [2.24, 2.45) is 9.98 Å². The maximum absolute atomic E-state index is 5.25. The Kier molecular flexibility index (Phi) is 17.3. The Morgan fingerprint density at radius 1 is 0.667 bits per heavy atom. The molecule has 3 aromatic rings. The van der Waals surface area contributed by atoms with Gasteiger partial charge in [-0.15, -0.1) is 6.58 Å². The van der Waals surface area contributed by atoms with Gasteiger partial charge in [0.25, 0.3) is 0 Å². The molecule has 6 heteroatoms. The van der Waals surface area contributed by atoms with Crippen LogP contribution in [0.3, 0.4) is 0 Å². The minimum atomic E-state index is 0. The van der Waals surface area contributed by atoms with Gasteiger partial charge in [-0.1, -0.05) is 97.9 Å². The molecule has 1 heterocycles. The van der Waals surface area contributed by atoms with Gasteiger partial charge in [0.15, 0.2) is 0 Å². The van der Waals surface area contributed by atoms with Gasteiger partial charge in [0.05, 0.1) is 34.2 Å². The molecule has 3 rings (SSSR count). The van der Waals surface area contributed by atoms with Gasteiger partial charge in [-0.05, 0) is 83.9 Å². The van der Waals surface area contributed by atoms with Gasteiger partial charge in [0.2, 0.25) is 0 Å². The van der Waals surface area contributed by atoms with E-state index in [1.54, 1.807) is 0 Å².